The number of rotatable bonds is 7. The van der Waals surface area contributed by atoms with Crippen LogP contribution >= 0.6 is 0 Å². The van der Waals surface area contributed by atoms with E-state index in [1.54, 1.807) is 0 Å². The summed E-state index contributed by atoms with van der Waals surface area (Å²) in [5.41, 5.74) is 3.02. The van der Waals surface area contributed by atoms with E-state index in [0.717, 1.165) is 52.2 Å². The highest BCUT2D eigenvalue weighted by molar-refractivity contribution is 5.76. The van der Waals surface area contributed by atoms with Crippen LogP contribution in [0.3, 0.4) is 0 Å². The molecule has 3 saturated carbocycles. The molecule has 3 aliphatic carbocycles. The number of fused-ring (bicyclic) bond motifs is 3. The molecule has 2 saturated heterocycles. The van der Waals surface area contributed by atoms with Crippen molar-refractivity contribution in [1.82, 2.24) is 20.0 Å². The van der Waals surface area contributed by atoms with Crippen LogP contribution in [0.5, 0.6) is 0 Å². The lowest BCUT2D eigenvalue weighted by atomic mass is 9.51. The molecule has 1 amide bonds. The van der Waals surface area contributed by atoms with Gasteiger partial charge in [-0.25, -0.2) is 0 Å². The van der Waals surface area contributed by atoms with Crippen LogP contribution in [0.1, 0.15) is 61.5 Å². The van der Waals surface area contributed by atoms with Crippen LogP contribution in [0.2, 0.25) is 0 Å². The highest BCUT2D eigenvalue weighted by Crippen LogP contribution is 2.59. The number of hydrogen-bond acceptors (Lipinski definition) is 4. The summed E-state index contributed by atoms with van der Waals surface area (Å²) in [5, 5.41) is 3.64. The average molecular weight is 501 g/mol. The molecular formula is C32H44N4O. The number of likely N-dealkylation sites (N-methyl/N-ethyl adjacent to an activating group) is 1. The summed E-state index contributed by atoms with van der Waals surface area (Å²) in [5.74, 6) is 1.58. The van der Waals surface area contributed by atoms with Gasteiger partial charge in [0.1, 0.15) is 0 Å². The molecule has 0 radical (unpaired) electrons. The Morgan fingerprint density at radius 3 is 1.95 bits per heavy atom. The second kappa shape index (κ2) is 10.9. The molecule has 1 N–H and O–H groups in total. The van der Waals surface area contributed by atoms with Gasteiger partial charge in [-0.1, -0.05) is 60.7 Å². The van der Waals surface area contributed by atoms with Crippen LogP contribution in [0.15, 0.2) is 60.7 Å². The van der Waals surface area contributed by atoms with E-state index in [4.69, 9.17) is 0 Å². The molecule has 2 bridgehead atoms. The maximum Gasteiger partial charge on any atom is 0.221 e. The minimum atomic E-state index is 0.129. The summed E-state index contributed by atoms with van der Waals surface area (Å²) in [4.78, 5) is 21.1. The SMILES string of the molecule is CN1CCN(C23CC(NC(=O)CCN4CCCC4)C(C(c4ccccc4)C2)C(c2ccccc2)C3)CC1. The Hall–Kier alpha value is -2.21. The molecular weight excluding hydrogens is 456 g/mol. The van der Waals surface area contributed by atoms with Gasteiger partial charge in [-0.15, -0.1) is 0 Å². The number of likely N-dealkylation sites (tertiary alicyclic amines) is 1. The fraction of sp³-hybridized carbons (Fsp3) is 0.594. The molecule has 5 heteroatoms. The van der Waals surface area contributed by atoms with E-state index in [-0.39, 0.29) is 17.5 Å². The van der Waals surface area contributed by atoms with Crippen molar-refractivity contribution < 1.29 is 4.79 Å². The number of piperazine rings is 1. The quantitative estimate of drug-likeness (QED) is 0.615. The van der Waals surface area contributed by atoms with Gasteiger partial charge in [0.2, 0.25) is 5.91 Å². The molecule has 2 aromatic carbocycles. The second-order valence-electron chi connectivity index (χ2n) is 12.2. The fourth-order valence-corrected chi connectivity index (χ4v) is 8.17. The molecule has 198 valence electrons. The van der Waals surface area contributed by atoms with Crippen molar-refractivity contribution in [2.45, 2.75) is 61.9 Å². The fourth-order valence-electron chi connectivity index (χ4n) is 8.17. The Morgan fingerprint density at radius 2 is 1.38 bits per heavy atom. The van der Waals surface area contributed by atoms with Crippen molar-refractivity contribution in [3.63, 3.8) is 0 Å². The topological polar surface area (TPSA) is 38.8 Å². The number of benzene rings is 2. The lowest BCUT2D eigenvalue weighted by Gasteiger charge is -2.63. The normalized spacial score (nSPS) is 33.0. The lowest BCUT2D eigenvalue weighted by molar-refractivity contribution is -0.126. The largest absolute Gasteiger partial charge is 0.353 e. The second-order valence-corrected chi connectivity index (χ2v) is 12.2. The van der Waals surface area contributed by atoms with Crippen LogP contribution in [-0.2, 0) is 4.79 Å². The van der Waals surface area contributed by atoms with E-state index < -0.39 is 0 Å². The van der Waals surface area contributed by atoms with Gasteiger partial charge in [-0.05, 0) is 81.1 Å². The third-order valence-electron chi connectivity index (χ3n) is 10.0. The van der Waals surface area contributed by atoms with Gasteiger partial charge in [0.15, 0.2) is 0 Å². The van der Waals surface area contributed by atoms with Crippen molar-refractivity contribution >= 4 is 5.91 Å². The smallest absolute Gasteiger partial charge is 0.221 e. The third-order valence-corrected chi connectivity index (χ3v) is 10.0. The van der Waals surface area contributed by atoms with Gasteiger partial charge < -0.3 is 15.1 Å². The third kappa shape index (κ3) is 5.23. The van der Waals surface area contributed by atoms with Crippen molar-refractivity contribution in [1.29, 1.82) is 0 Å². The van der Waals surface area contributed by atoms with E-state index in [1.807, 2.05) is 0 Å². The van der Waals surface area contributed by atoms with Crippen molar-refractivity contribution in [3.05, 3.63) is 71.8 Å². The molecule has 5 aliphatic rings. The van der Waals surface area contributed by atoms with Gasteiger partial charge in [0, 0.05) is 50.7 Å². The molecule has 0 aromatic heterocycles. The molecule has 2 aliphatic heterocycles. The van der Waals surface area contributed by atoms with Gasteiger partial charge >= 0.3 is 0 Å². The predicted octanol–water partition coefficient (Wildman–Crippen LogP) is 4.32. The number of carbonyl (C=O) groups is 1. The first-order chi connectivity index (χ1) is 18.1. The molecule has 5 nitrogen and oxygen atoms in total. The zero-order chi connectivity index (χ0) is 25.2. The Balaban J connectivity index is 1.33. The minimum Gasteiger partial charge on any atom is -0.353 e. The zero-order valence-corrected chi connectivity index (χ0v) is 22.5. The van der Waals surface area contributed by atoms with Crippen LogP contribution in [0.25, 0.3) is 0 Å². The molecule has 7 rings (SSSR count). The standard InChI is InChI=1S/C32H44N4O/c1-34-18-20-36(21-19-34)32-22-27(25-10-4-2-5-11-25)31(28(23-32)26-12-6-3-7-13-26)29(24-32)33-30(37)14-17-35-15-8-9-16-35/h2-7,10-13,27-29,31H,8-9,14-24H2,1H3,(H,33,37). The molecule has 2 aromatic rings. The number of nitrogens with zero attached hydrogens (tertiary/aromatic N) is 3. The summed E-state index contributed by atoms with van der Waals surface area (Å²) in [6, 6.07) is 22.6. The molecule has 3 unspecified atom stereocenters. The van der Waals surface area contributed by atoms with E-state index in [1.165, 1.54) is 36.8 Å². The van der Waals surface area contributed by atoms with Crippen LogP contribution in [-0.4, -0.2) is 85.0 Å². The molecule has 3 atom stereocenters. The van der Waals surface area contributed by atoms with Gasteiger partial charge in [0.25, 0.3) is 0 Å². The van der Waals surface area contributed by atoms with Crippen LogP contribution < -0.4 is 5.32 Å². The first-order valence-corrected chi connectivity index (χ1v) is 14.7. The Bertz CT molecular complexity index is 980. The predicted molar refractivity (Wildman–Crippen MR) is 150 cm³/mol. The molecule has 37 heavy (non-hydrogen) atoms. The van der Waals surface area contributed by atoms with E-state index >= 15 is 0 Å². The monoisotopic (exact) mass is 500 g/mol. The summed E-state index contributed by atoms with van der Waals surface area (Å²) < 4.78 is 0. The zero-order valence-electron chi connectivity index (χ0n) is 22.5. The number of amides is 1. The van der Waals surface area contributed by atoms with Crippen LogP contribution in [0.4, 0.5) is 0 Å². The van der Waals surface area contributed by atoms with E-state index in [9.17, 15) is 4.79 Å². The van der Waals surface area contributed by atoms with Gasteiger partial charge in [-0.3, -0.25) is 9.69 Å². The highest BCUT2D eigenvalue weighted by Gasteiger charge is 2.58. The van der Waals surface area contributed by atoms with Gasteiger partial charge in [-0.2, -0.15) is 0 Å². The summed E-state index contributed by atoms with van der Waals surface area (Å²) in [6.07, 6.45) is 6.67. The first kappa shape index (κ1) is 25.1. The highest BCUT2D eigenvalue weighted by atomic mass is 16.1. The average Bonchev–Trinajstić information content (AvgIpc) is 3.47. The summed E-state index contributed by atoms with van der Waals surface area (Å²) in [6.45, 7) is 7.71. The summed E-state index contributed by atoms with van der Waals surface area (Å²) in [7, 11) is 2.25. The maximum absolute atomic E-state index is 13.4. The van der Waals surface area contributed by atoms with Crippen molar-refractivity contribution in [2.24, 2.45) is 5.92 Å². The maximum atomic E-state index is 13.4. The Kier molecular flexibility index (Phi) is 7.38. The van der Waals surface area contributed by atoms with Gasteiger partial charge in [0.05, 0.1) is 0 Å². The van der Waals surface area contributed by atoms with E-state index in [2.05, 4.69) is 87.7 Å². The summed E-state index contributed by atoms with van der Waals surface area (Å²) >= 11 is 0. The molecule has 0 spiro atoms. The van der Waals surface area contributed by atoms with Crippen molar-refractivity contribution in [2.75, 3.05) is 52.9 Å². The number of nitrogens with one attached hydrogen (secondary N) is 1. The molecule has 2 heterocycles. The first-order valence-electron chi connectivity index (χ1n) is 14.7. The number of carbonyl (C=O) groups excluding carboxylic acids is 1. The van der Waals surface area contributed by atoms with Crippen molar-refractivity contribution in [3.8, 4) is 0 Å². The lowest BCUT2D eigenvalue weighted by Crippen LogP contribution is -2.67. The molecule has 5 fully saturated rings. The van der Waals surface area contributed by atoms with E-state index in [0.29, 0.717) is 24.2 Å². The van der Waals surface area contributed by atoms with Crippen LogP contribution in [0, 0.1) is 5.92 Å². The Morgan fingerprint density at radius 1 is 0.811 bits per heavy atom. The minimum absolute atomic E-state index is 0.129. The Labute approximate surface area is 223 Å². The number of hydrogen-bond donors (Lipinski definition) is 1.